The van der Waals surface area contributed by atoms with Gasteiger partial charge in [-0.05, 0) is 17.7 Å². The molecule has 0 unspecified atom stereocenters. The Bertz CT molecular complexity index is 889. The fourth-order valence-electron chi connectivity index (χ4n) is 1.69. The van der Waals surface area contributed by atoms with E-state index >= 15 is 0 Å². The van der Waals surface area contributed by atoms with Crippen molar-refractivity contribution in [1.82, 2.24) is 0 Å². The second-order valence-electron chi connectivity index (χ2n) is 4.00. The van der Waals surface area contributed by atoms with E-state index in [4.69, 9.17) is 29.9 Å². The maximum Gasteiger partial charge on any atom is 0.221 e. The van der Waals surface area contributed by atoms with E-state index in [2.05, 4.69) is 0 Å². The van der Waals surface area contributed by atoms with Crippen LogP contribution in [0.1, 0.15) is 28.3 Å². The van der Waals surface area contributed by atoms with Gasteiger partial charge in [-0.1, -0.05) is 41.8 Å². The minimum atomic E-state index is -0.886. The summed E-state index contributed by atoms with van der Waals surface area (Å²) in [7, 11) is 0. The molecule has 0 radical (unpaired) electrons. The summed E-state index contributed by atoms with van der Waals surface area (Å²) in [6, 6.07) is -0.589. The van der Waals surface area contributed by atoms with Crippen LogP contribution >= 0.6 is 11.6 Å². The number of halogens is 1. The number of nitrogen functional groups attached to an aromatic ring is 1. The molecule has 0 atom stereocenters. The Morgan fingerprint density at radius 2 is 1.85 bits per heavy atom. The van der Waals surface area contributed by atoms with Crippen LogP contribution in [0.4, 0.5) is 5.69 Å². The molecule has 2 aromatic rings. The third-order valence-electron chi connectivity index (χ3n) is 2.57. The molecule has 0 aliphatic carbocycles. The van der Waals surface area contributed by atoms with Gasteiger partial charge >= 0.3 is 0 Å². The van der Waals surface area contributed by atoms with Gasteiger partial charge in [-0.2, -0.15) is 0 Å². The first-order valence-electron chi connectivity index (χ1n) is 8.04. The van der Waals surface area contributed by atoms with E-state index in [0.717, 1.165) is 0 Å². The fraction of sp³-hybridized carbons (Fsp3) is 0.0667. The van der Waals surface area contributed by atoms with Crippen LogP contribution in [0, 0.1) is 0 Å². The summed E-state index contributed by atoms with van der Waals surface area (Å²) < 4.78 is 38.6. The van der Waals surface area contributed by atoms with Crippen LogP contribution < -0.4 is 11.5 Å². The molecule has 1 amide bonds. The van der Waals surface area contributed by atoms with Crippen LogP contribution in [-0.2, 0) is 11.2 Å². The smallest absolute Gasteiger partial charge is 0.221 e. The number of nitrogens with two attached hydrogens (primary N) is 2. The van der Waals surface area contributed by atoms with Gasteiger partial charge in [0, 0.05) is 21.8 Å². The van der Waals surface area contributed by atoms with Crippen LogP contribution in [0.5, 0.6) is 0 Å². The third-order valence-corrected chi connectivity index (χ3v) is 2.79. The first kappa shape index (κ1) is 8.76. The molecular weight excluding hydrogens is 276 g/mol. The van der Waals surface area contributed by atoms with Crippen molar-refractivity contribution in [3.05, 3.63) is 64.1 Å². The molecule has 0 fully saturated rings. The molecule has 102 valence electrons. The zero-order valence-electron chi connectivity index (χ0n) is 15.2. The van der Waals surface area contributed by atoms with Gasteiger partial charge in [-0.3, -0.25) is 9.59 Å². The maximum atomic E-state index is 12.8. The third kappa shape index (κ3) is 2.97. The molecular formula is C15H13ClN2O2. The van der Waals surface area contributed by atoms with Crippen molar-refractivity contribution in [3.63, 3.8) is 0 Å². The summed E-state index contributed by atoms with van der Waals surface area (Å²) in [6.07, 6.45) is -0.257. The second kappa shape index (κ2) is 5.75. The average molecular weight is 294 g/mol. The Labute approximate surface area is 128 Å². The monoisotopic (exact) mass is 293 g/mol. The largest absolute Gasteiger partial charge is 0.398 e. The first-order valence-corrected chi connectivity index (χ1v) is 5.91. The van der Waals surface area contributed by atoms with E-state index in [0.29, 0.717) is 0 Å². The van der Waals surface area contributed by atoms with Crippen molar-refractivity contribution in [3.8, 4) is 0 Å². The molecule has 20 heavy (non-hydrogen) atoms. The Morgan fingerprint density at radius 3 is 2.45 bits per heavy atom. The SMILES string of the molecule is [2H]c1c([2H])c([2H])c(C(=O)c2cc(Cl)cc(CC(N)=O)c2N)c([2H])c1[2H]. The molecule has 4 nitrogen and oxygen atoms in total. The standard InChI is InChI=1S/C15H13ClN2O2/c16-11-6-10(7-13(17)19)14(18)12(8-11)15(20)9-4-2-1-3-5-9/h1-6,8H,7,18H2,(H2,17,19)/i1D,2D,3D,4D,5D. The molecule has 4 N–H and O–H groups in total. The number of primary amides is 1. The summed E-state index contributed by atoms with van der Waals surface area (Å²) >= 11 is 5.95. The zero-order valence-corrected chi connectivity index (χ0v) is 11.0. The summed E-state index contributed by atoms with van der Waals surface area (Å²) in [5.41, 5.74) is 10.5. The van der Waals surface area contributed by atoms with Crippen LogP contribution in [0.3, 0.4) is 0 Å². The summed E-state index contributed by atoms with van der Waals surface area (Å²) in [5.74, 6) is -1.57. The van der Waals surface area contributed by atoms with E-state index in [9.17, 15) is 9.59 Å². The molecule has 0 aromatic heterocycles. The van der Waals surface area contributed by atoms with Gasteiger partial charge in [0.2, 0.25) is 5.91 Å². The summed E-state index contributed by atoms with van der Waals surface area (Å²) in [5, 5.41) is 0.0983. The molecule has 0 bridgehead atoms. The maximum absolute atomic E-state index is 12.8. The van der Waals surface area contributed by atoms with Crippen LogP contribution in [0.2, 0.25) is 5.02 Å². The van der Waals surface area contributed by atoms with Gasteiger partial charge in [0.15, 0.2) is 5.78 Å². The highest BCUT2D eigenvalue weighted by molar-refractivity contribution is 6.31. The lowest BCUT2D eigenvalue weighted by molar-refractivity contribution is -0.117. The zero-order chi connectivity index (χ0) is 19.0. The Hall–Kier alpha value is -2.33. The first-order chi connectivity index (χ1) is 11.6. The summed E-state index contributed by atoms with van der Waals surface area (Å²) in [4.78, 5) is 23.9. The van der Waals surface area contributed by atoms with Crippen molar-refractivity contribution >= 4 is 29.0 Å². The van der Waals surface area contributed by atoms with Crippen LogP contribution in [0.25, 0.3) is 0 Å². The lowest BCUT2D eigenvalue weighted by Crippen LogP contribution is -2.16. The van der Waals surface area contributed by atoms with Crippen molar-refractivity contribution in [2.45, 2.75) is 6.42 Å². The van der Waals surface area contributed by atoms with Crippen molar-refractivity contribution in [2.75, 3.05) is 5.73 Å². The van der Waals surface area contributed by atoms with Gasteiger partial charge in [-0.15, -0.1) is 0 Å². The fourth-order valence-corrected chi connectivity index (χ4v) is 1.94. The number of amides is 1. The van der Waals surface area contributed by atoms with E-state index < -0.39 is 47.5 Å². The van der Waals surface area contributed by atoms with Crippen molar-refractivity contribution in [1.29, 1.82) is 0 Å². The molecule has 0 heterocycles. The average Bonchev–Trinajstić information content (AvgIpc) is 2.53. The number of carbonyl (C=O) groups is 2. The molecule has 0 aliphatic rings. The van der Waals surface area contributed by atoms with E-state index in [1.165, 1.54) is 12.1 Å². The molecule has 0 saturated heterocycles. The number of ketones is 1. The second-order valence-corrected chi connectivity index (χ2v) is 4.43. The van der Waals surface area contributed by atoms with Gasteiger partial charge in [0.05, 0.1) is 13.3 Å². The number of rotatable bonds is 4. The highest BCUT2D eigenvalue weighted by Gasteiger charge is 2.16. The molecule has 0 aliphatic heterocycles. The van der Waals surface area contributed by atoms with Crippen LogP contribution in [-0.4, -0.2) is 11.7 Å². The predicted molar refractivity (Wildman–Crippen MR) is 78.6 cm³/mol. The quantitative estimate of drug-likeness (QED) is 0.669. The summed E-state index contributed by atoms with van der Waals surface area (Å²) in [6.45, 7) is 0. The van der Waals surface area contributed by atoms with Gasteiger partial charge < -0.3 is 11.5 Å². The van der Waals surface area contributed by atoms with E-state index in [-0.39, 0.29) is 28.3 Å². The number of benzene rings is 2. The van der Waals surface area contributed by atoms with Gasteiger partial charge in [0.1, 0.15) is 0 Å². The molecule has 0 saturated carbocycles. The van der Waals surface area contributed by atoms with Gasteiger partial charge in [0.25, 0.3) is 0 Å². The normalized spacial score (nSPS) is 13.8. The molecule has 2 rings (SSSR count). The minimum Gasteiger partial charge on any atom is -0.398 e. The lowest BCUT2D eigenvalue weighted by atomic mass is 9.97. The number of carbonyl (C=O) groups excluding carboxylic acids is 2. The number of hydrogen-bond donors (Lipinski definition) is 2. The number of anilines is 1. The Morgan fingerprint density at radius 1 is 1.20 bits per heavy atom. The van der Waals surface area contributed by atoms with Gasteiger partial charge in [-0.25, -0.2) is 0 Å². The topological polar surface area (TPSA) is 86.2 Å². The molecule has 5 heteroatoms. The lowest BCUT2D eigenvalue weighted by Gasteiger charge is -2.10. The van der Waals surface area contributed by atoms with Crippen LogP contribution in [0.15, 0.2) is 42.3 Å². The van der Waals surface area contributed by atoms with Crippen molar-refractivity contribution < 1.29 is 16.4 Å². The predicted octanol–water partition coefficient (Wildman–Crippen LogP) is 2.18. The van der Waals surface area contributed by atoms with Crippen molar-refractivity contribution in [2.24, 2.45) is 5.73 Å². The Kier molecular flexibility index (Phi) is 2.52. The highest BCUT2D eigenvalue weighted by atomic mass is 35.5. The molecule has 0 spiro atoms. The number of hydrogen-bond acceptors (Lipinski definition) is 3. The minimum absolute atomic E-state index is 0.0833. The van der Waals surface area contributed by atoms with E-state index in [1.807, 2.05) is 0 Å². The highest BCUT2D eigenvalue weighted by Crippen LogP contribution is 2.26. The molecule has 2 aromatic carbocycles. The Balaban J connectivity index is 2.71. The van der Waals surface area contributed by atoms with E-state index in [1.54, 1.807) is 0 Å².